The SMILES string of the molecule is CCn1c(=O)c(=O)[nH]c2cc(C(=O)Nc3nc(-c4ccc(C)s4)cs3)ccc21. The predicted octanol–water partition coefficient (Wildman–Crippen LogP) is 3.46. The van der Waals surface area contributed by atoms with Gasteiger partial charge in [-0.3, -0.25) is 19.7 Å². The largest absolute Gasteiger partial charge is 0.316 e. The number of aromatic amines is 1. The fourth-order valence-electron chi connectivity index (χ4n) is 2.92. The second kappa shape index (κ2) is 7.17. The molecule has 0 unspecified atom stereocenters. The molecular formula is C19H16N4O3S2. The number of hydrogen-bond acceptors (Lipinski definition) is 6. The molecule has 9 heteroatoms. The molecule has 142 valence electrons. The van der Waals surface area contributed by atoms with E-state index in [0.717, 1.165) is 10.6 Å². The minimum absolute atomic E-state index is 0.333. The summed E-state index contributed by atoms with van der Waals surface area (Å²) in [6.07, 6.45) is 0. The van der Waals surface area contributed by atoms with Crippen LogP contribution in [0.3, 0.4) is 0 Å². The number of benzene rings is 1. The molecule has 0 aliphatic heterocycles. The Balaban J connectivity index is 1.63. The third-order valence-electron chi connectivity index (χ3n) is 4.27. The van der Waals surface area contributed by atoms with E-state index >= 15 is 0 Å². The van der Waals surface area contributed by atoms with E-state index in [2.05, 4.69) is 15.3 Å². The second-order valence-corrected chi connectivity index (χ2v) is 8.28. The standard InChI is InChI=1S/C19H16N4O3S2/c1-3-23-14-6-5-11(8-12(14)20-17(25)18(23)26)16(24)22-19-21-13(9-27-19)15-7-4-10(2)28-15/h4-9H,3H2,1-2H3,(H,20,25)(H,21,22,24). The Morgan fingerprint density at radius 2 is 2.07 bits per heavy atom. The number of carbonyl (C=O) groups is 1. The van der Waals surface area contributed by atoms with Crippen molar-refractivity contribution < 1.29 is 4.79 Å². The van der Waals surface area contributed by atoms with E-state index in [-0.39, 0.29) is 5.91 Å². The van der Waals surface area contributed by atoms with Crippen LogP contribution in [0, 0.1) is 6.92 Å². The smallest absolute Gasteiger partial charge is 0.316 e. The molecular weight excluding hydrogens is 396 g/mol. The summed E-state index contributed by atoms with van der Waals surface area (Å²) < 4.78 is 1.38. The molecule has 0 saturated heterocycles. The number of nitrogens with one attached hydrogen (secondary N) is 2. The zero-order valence-electron chi connectivity index (χ0n) is 15.1. The highest BCUT2D eigenvalue weighted by Crippen LogP contribution is 2.30. The maximum absolute atomic E-state index is 12.6. The van der Waals surface area contributed by atoms with Crippen LogP contribution in [0.2, 0.25) is 0 Å². The van der Waals surface area contributed by atoms with E-state index < -0.39 is 11.1 Å². The van der Waals surface area contributed by atoms with Crippen molar-refractivity contribution in [1.29, 1.82) is 0 Å². The molecule has 0 saturated carbocycles. The summed E-state index contributed by atoms with van der Waals surface area (Å²) in [7, 11) is 0. The van der Waals surface area contributed by atoms with Gasteiger partial charge in [-0.15, -0.1) is 22.7 Å². The van der Waals surface area contributed by atoms with Crippen molar-refractivity contribution >= 4 is 44.7 Å². The van der Waals surface area contributed by atoms with Gasteiger partial charge in [0.2, 0.25) is 0 Å². The van der Waals surface area contributed by atoms with Gasteiger partial charge in [-0.25, -0.2) is 4.98 Å². The van der Waals surface area contributed by atoms with Crippen molar-refractivity contribution in [3.05, 3.63) is 66.9 Å². The minimum atomic E-state index is -0.706. The van der Waals surface area contributed by atoms with Crippen LogP contribution in [0.4, 0.5) is 5.13 Å². The fraction of sp³-hybridized carbons (Fsp3) is 0.158. The number of rotatable bonds is 4. The second-order valence-electron chi connectivity index (χ2n) is 6.14. The molecule has 2 N–H and O–H groups in total. The van der Waals surface area contributed by atoms with Crippen molar-refractivity contribution in [2.75, 3.05) is 5.32 Å². The average molecular weight is 412 g/mol. The van der Waals surface area contributed by atoms with Gasteiger partial charge in [0.05, 0.1) is 21.6 Å². The first-order chi connectivity index (χ1) is 13.5. The van der Waals surface area contributed by atoms with Crippen LogP contribution in [0.5, 0.6) is 0 Å². The number of carbonyl (C=O) groups excluding carboxylic acids is 1. The van der Waals surface area contributed by atoms with Gasteiger partial charge in [0.1, 0.15) is 0 Å². The number of aromatic nitrogens is 3. The molecule has 0 aliphatic carbocycles. The van der Waals surface area contributed by atoms with E-state index in [1.54, 1.807) is 36.5 Å². The molecule has 0 atom stereocenters. The van der Waals surface area contributed by atoms with Gasteiger partial charge in [0.15, 0.2) is 5.13 Å². The van der Waals surface area contributed by atoms with Gasteiger partial charge in [0.25, 0.3) is 5.91 Å². The number of thiazole rings is 1. The molecule has 3 aromatic heterocycles. The third kappa shape index (κ3) is 3.30. The van der Waals surface area contributed by atoms with Crippen molar-refractivity contribution in [2.24, 2.45) is 0 Å². The minimum Gasteiger partial charge on any atom is -0.316 e. The lowest BCUT2D eigenvalue weighted by Crippen LogP contribution is -2.36. The quantitative estimate of drug-likeness (QED) is 0.502. The Hall–Kier alpha value is -3.04. The predicted molar refractivity (Wildman–Crippen MR) is 113 cm³/mol. The molecule has 7 nitrogen and oxygen atoms in total. The molecule has 0 bridgehead atoms. The van der Waals surface area contributed by atoms with Gasteiger partial charge in [-0.05, 0) is 44.2 Å². The van der Waals surface area contributed by atoms with Crippen LogP contribution in [0.25, 0.3) is 21.6 Å². The number of anilines is 1. The zero-order valence-corrected chi connectivity index (χ0v) is 16.7. The number of aryl methyl sites for hydroxylation is 2. The Bertz CT molecular complexity index is 1310. The number of amides is 1. The average Bonchev–Trinajstić information content (AvgIpc) is 3.31. The Morgan fingerprint density at radius 3 is 2.79 bits per heavy atom. The number of hydrogen-bond donors (Lipinski definition) is 2. The van der Waals surface area contributed by atoms with Crippen molar-refractivity contribution in [3.8, 4) is 10.6 Å². The normalized spacial score (nSPS) is 11.1. The van der Waals surface area contributed by atoms with E-state index in [1.165, 1.54) is 20.8 Å². The van der Waals surface area contributed by atoms with E-state index in [0.29, 0.717) is 28.3 Å². The summed E-state index contributed by atoms with van der Waals surface area (Å²) in [5, 5.41) is 5.19. The van der Waals surface area contributed by atoms with Gasteiger partial charge >= 0.3 is 11.1 Å². The Morgan fingerprint density at radius 1 is 1.25 bits per heavy atom. The molecule has 4 aromatic rings. The lowest BCUT2D eigenvalue weighted by atomic mass is 10.1. The van der Waals surface area contributed by atoms with Crippen molar-refractivity contribution in [1.82, 2.24) is 14.5 Å². The summed E-state index contributed by atoms with van der Waals surface area (Å²) in [5.41, 5.74) is 0.900. The molecule has 1 amide bonds. The summed E-state index contributed by atoms with van der Waals surface area (Å²) in [6.45, 7) is 4.19. The molecule has 3 heterocycles. The lowest BCUT2D eigenvalue weighted by Gasteiger charge is -2.08. The third-order valence-corrected chi connectivity index (χ3v) is 6.05. The number of thiophene rings is 1. The van der Waals surface area contributed by atoms with Crippen LogP contribution in [-0.2, 0) is 6.54 Å². The highest BCUT2D eigenvalue weighted by Gasteiger charge is 2.13. The molecule has 4 rings (SSSR count). The molecule has 0 spiro atoms. The monoisotopic (exact) mass is 412 g/mol. The first-order valence-corrected chi connectivity index (χ1v) is 10.3. The van der Waals surface area contributed by atoms with Crippen LogP contribution in [-0.4, -0.2) is 20.4 Å². The summed E-state index contributed by atoms with van der Waals surface area (Å²) in [5.74, 6) is -0.333. The topological polar surface area (TPSA) is 96.9 Å². The summed E-state index contributed by atoms with van der Waals surface area (Å²) in [4.78, 5) is 45.6. The van der Waals surface area contributed by atoms with Gasteiger partial charge in [0, 0.05) is 22.4 Å². The molecule has 0 fully saturated rings. The Kier molecular flexibility index (Phi) is 4.70. The van der Waals surface area contributed by atoms with E-state index in [9.17, 15) is 14.4 Å². The van der Waals surface area contributed by atoms with Gasteiger partial charge in [-0.2, -0.15) is 0 Å². The molecule has 0 aliphatic rings. The lowest BCUT2D eigenvalue weighted by molar-refractivity contribution is 0.102. The maximum atomic E-state index is 12.6. The van der Waals surface area contributed by atoms with Crippen molar-refractivity contribution in [3.63, 3.8) is 0 Å². The molecule has 28 heavy (non-hydrogen) atoms. The highest BCUT2D eigenvalue weighted by atomic mass is 32.1. The van der Waals surface area contributed by atoms with Gasteiger partial charge < -0.3 is 9.55 Å². The highest BCUT2D eigenvalue weighted by molar-refractivity contribution is 7.17. The Labute approximate surface area is 167 Å². The van der Waals surface area contributed by atoms with Gasteiger partial charge in [-0.1, -0.05) is 0 Å². The van der Waals surface area contributed by atoms with Crippen LogP contribution in [0.15, 0.2) is 45.3 Å². The number of nitrogens with zero attached hydrogens (tertiary/aromatic N) is 2. The summed E-state index contributed by atoms with van der Waals surface area (Å²) >= 11 is 3.00. The van der Waals surface area contributed by atoms with E-state index in [4.69, 9.17) is 0 Å². The van der Waals surface area contributed by atoms with Crippen LogP contribution >= 0.6 is 22.7 Å². The van der Waals surface area contributed by atoms with E-state index in [1.807, 2.05) is 24.4 Å². The van der Waals surface area contributed by atoms with Crippen molar-refractivity contribution in [2.45, 2.75) is 20.4 Å². The first kappa shape index (κ1) is 18.3. The van der Waals surface area contributed by atoms with Crippen LogP contribution < -0.4 is 16.4 Å². The molecule has 0 radical (unpaired) electrons. The van der Waals surface area contributed by atoms with Crippen LogP contribution in [0.1, 0.15) is 22.2 Å². The number of fused-ring (bicyclic) bond motifs is 1. The maximum Gasteiger partial charge on any atom is 0.316 e. The fourth-order valence-corrected chi connectivity index (χ4v) is 4.53. The first-order valence-electron chi connectivity index (χ1n) is 8.57. The number of H-pyrrole nitrogens is 1. The zero-order chi connectivity index (χ0) is 19.8. The summed E-state index contributed by atoms with van der Waals surface area (Å²) in [6, 6.07) is 8.89. The molecule has 1 aromatic carbocycles.